The summed E-state index contributed by atoms with van der Waals surface area (Å²) in [6.45, 7) is 0. The van der Waals surface area contributed by atoms with Crippen LogP contribution in [0.4, 0.5) is 21.3 Å². The van der Waals surface area contributed by atoms with Crippen LogP contribution in [0, 0.1) is 5.82 Å². The lowest BCUT2D eigenvalue weighted by molar-refractivity contribution is 0.619. The summed E-state index contributed by atoms with van der Waals surface area (Å²) in [5, 5.41) is 3.88. The zero-order valence-electron chi connectivity index (χ0n) is 14.1. The van der Waals surface area contributed by atoms with Gasteiger partial charge in [-0.3, -0.25) is 0 Å². The summed E-state index contributed by atoms with van der Waals surface area (Å²) in [5.74, 6) is 0.408. The van der Waals surface area contributed by atoms with Crippen molar-refractivity contribution in [3.05, 3.63) is 54.6 Å². The van der Waals surface area contributed by atoms with E-state index in [0.29, 0.717) is 17.3 Å². The molecule has 3 heterocycles. The molecule has 0 radical (unpaired) electrons. The molecule has 0 aliphatic heterocycles. The number of halogens is 1. The molecule has 0 saturated heterocycles. The molecule has 0 unspecified atom stereocenters. The third kappa shape index (κ3) is 3.18. The number of anilines is 3. The third-order valence-electron chi connectivity index (χ3n) is 3.68. The first kappa shape index (κ1) is 16.3. The minimum Gasteiger partial charge on any atom is -0.354 e. The standard InChI is InChI=1S/C18H15FN6S/c1-25(2)18-22-13-7-6-11(9-14(13)26-18)16-12(19)10-21-17(24-16)23-15-5-3-4-8-20-15/h3-10H,1-2H3,(H,20,21,23,24). The van der Waals surface area contributed by atoms with Gasteiger partial charge in [-0.2, -0.15) is 0 Å². The molecule has 26 heavy (non-hydrogen) atoms. The van der Waals surface area contributed by atoms with Crippen molar-refractivity contribution in [3.63, 3.8) is 0 Å². The van der Waals surface area contributed by atoms with Gasteiger partial charge in [-0.25, -0.2) is 24.3 Å². The van der Waals surface area contributed by atoms with Crippen molar-refractivity contribution in [2.75, 3.05) is 24.3 Å². The summed E-state index contributed by atoms with van der Waals surface area (Å²) in [5.41, 5.74) is 1.79. The molecule has 0 aliphatic rings. The number of pyridine rings is 1. The molecule has 0 saturated carbocycles. The van der Waals surface area contributed by atoms with Crippen LogP contribution in [0.2, 0.25) is 0 Å². The van der Waals surface area contributed by atoms with Crippen molar-refractivity contribution in [2.24, 2.45) is 0 Å². The van der Waals surface area contributed by atoms with Gasteiger partial charge >= 0.3 is 0 Å². The van der Waals surface area contributed by atoms with E-state index in [4.69, 9.17) is 0 Å². The number of nitrogens with zero attached hydrogens (tertiary/aromatic N) is 5. The molecule has 8 heteroatoms. The Morgan fingerprint density at radius 2 is 1.96 bits per heavy atom. The SMILES string of the molecule is CN(C)c1nc2ccc(-c3nc(Nc4ccccn4)ncc3F)cc2s1. The summed E-state index contributed by atoms with van der Waals surface area (Å²) in [4.78, 5) is 19.0. The third-order valence-corrected chi connectivity index (χ3v) is 4.87. The Labute approximate surface area is 153 Å². The molecule has 0 amide bonds. The maximum Gasteiger partial charge on any atom is 0.229 e. The Bertz CT molecular complexity index is 1060. The van der Waals surface area contributed by atoms with Crippen molar-refractivity contribution < 1.29 is 4.39 Å². The number of benzene rings is 1. The summed E-state index contributed by atoms with van der Waals surface area (Å²) in [7, 11) is 3.89. The van der Waals surface area contributed by atoms with E-state index in [1.54, 1.807) is 23.6 Å². The van der Waals surface area contributed by atoms with Crippen LogP contribution in [-0.4, -0.2) is 34.0 Å². The first-order valence-electron chi connectivity index (χ1n) is 7.89. The largest absolute Gasteiger partial charge is 0.354 e. The highest BCUT2D eigenvalue weighted by molar-refractivity contribution is 7.22. The van der Waals surface area contributed by atoms with E-state index >= 15 is 0 Å². The van der Waals surface area contributed by atoms with Crippen molar-refractivity contribution in [3.8, 4) is 11.3 Å². The number of hydrogen-bond acceptors (Lipinski definition) is 7. The van der Waals surface area contributed by atoms with Crippen molar-refractivity contribution in [2.45, 2.75) is 0 Å². The number of hydrogen-bond donors (Lipinski definition) is 1. The first-order chi connectivity index (χ1) is 12.6. The lowest BCUT2D eigenvalue weighted by Crippen LogP contribution is -2.07. The lowest BCUT2D eigenvalue weighted by Gasteiger charge is -2.07. The molecule has 1 aromatic carbocycles. The zero-order chi connectivity index (χ0) is 18.1. The predicted molar refractivity (Wildman–Crippen MR) is 102 cm³/mol. The molecule has 0 spiro atoms. The molecule has 0 aliphatic carbocycles. The van der Waals surface area contributed by atoms with E-state index < -0.39 is 5.82 Å². The summed E-state index contributed by atoms with van der Waals surface area (Å²) < 4.78 is 15.3. The van der Waals surface area contributed by atoms with Gasteiger partial charge in [0.15, 0.2) is 10.9 Å². The second-order valence-electron chi connectivity index (χ2n) is 5.80. The Morgan fingerprint density at radius 3 is 2.73 bits per heavy atom. The fourth-order valence-corrected chi connectivity index (χ4v) is 3.36. The van der Waals surface area contributed by atoms with Gasteiger partial charge in [0.1, 0.15) is 11.5 Å². The summed E-state index contributed by atoms with van der Waals surface area (Å²) in [6.07, 6.45) is 2.82. The lowest BCUT2D eigenvalue weighted by atomic mass is 10.1. The smallest absolute Gasteiger partial charge is 0.229 e. The average Bonchev–Trinajstić information content (AvgIpc) is 3.08. The van der Waals surface area contributed by atoms with Crippen LogP contribution in [0.15, 0.2) is 48.8 Å². The van der Waals surface area contributed by atoms with Crippen LogP contribution in [0.1, 0.15) is 0 Å². The number of nitrogens with one attached hydrogen (secondary N) is 1. The van der Waals surface area contributed by atoms with Crippen LogP contribution in [0.5, 0.6) is 0 Å². The Balaban J connectivity index is 1.72. The van der Waals surface area contributed by atoms with Gasteiger partial charge in [-0.15, -0.1) is 0 Å². The fourth-order valence-electron chi connectivity index (χ4n) is 2.43. The number of aromatic nitrogens is 4. The summed E-state index contributed by atoms with van der Waals surface area (Å²) in [6, 6.07) is 11.0. The van der Waals surface area contributed by atoms with Crippen molar-refractivity contribution >= 4 is 38.5 Å². The second-order valence-corrected chi connectivity index (χ2v) is 6.81. The van der Waals surface area contributed by atoms with Crippen LogP contribution in [0.25, 0.3) is 21.5 Å². The number of rotatable bonds is 4. The van der Waals surface area contributed by atoms with Crippen LogP contribution in [0.3, 0.4) is 0 Å². The predicted octanol–water partition coefficient (Wildman–Crippen LogP) is 4.10. The highest BCUT2D eigenvalue weighted by Crippen LogP contribution is 2.32. The van der Waals surface area contributed by atoms with Gasteiger partial charge in [0.2, 0.25) is 5.95 Å². The zero-order valence-corrected chi connectivity index (χ0v) is 15.0. The van der Waals surface area contributed by atoms with Crippen LogP contribution in [-0.2, 0) is 0 Å². The quantitative estimate of drug-likeness (QED) is 0.587. The van der Waals surface area contributed by atoms with Crippen LogP contribution >= 0.6 is 11.3 Å². The number of fused-ring (bicyclic) bond motifs is 1. The fraction of sp³-hybridized carbons (Fsp3) is 0.111. The maximum atomic E-state index is 14.3. The topological polar surface area (TPSA) is 66.8 Å². The highest BCUT2D eigenvalue weighted by atomic mass is 32.1. The van der Waals surface area contributed by atoms with Gasteiger partial charge in [0, 0.05) is 25.9 Å². The van der Waals surface area contributed by atoms with Crippen molar-refractivity contribution in [1.82, 2.24) is 19.9 Å². The first-order valence-corrected chi connectivity index (χ1v) is 8.71. The monoisotopic (exact) mass is 366 g/mol. The molecule has 0 fully saturated rings. The highest BCUT2D eigenvalue weighted by Gasteiger charge is 2.13. The van der Waals surface area contributed by atoms with Gasteiger partial charge < -0.3 is 10.2 Å². The molecule has 0 bridgehead atoms. The molecule has 0 atom stereocenters. The molecule has 1 N–H and O–H groups in total. The van der Waals surface area contributed by atoms with E-state index in [1.165, 1.54) is 0 Å². The number of thiazole rings is 1. The summed E-state index contributed by atoms with van der Waals surface area (Å²) >= 11 is 1.55. The minimum atomic E-state index is -0.478. The molecular formula is C18H15FN6S. The molecular weight excluding hydrogens is 351 g/mol. The van der Waals surface area contributed by atoms with Gasteiger partial charge in [0.05, 0.1) is 16.4 Å². The van der Waals surface area contributed by atoms with Crippen LogP contribution < -0.4 is 10.2 Å². The molecule has 4 rings (SSSR count). The average molecular weight is 366 g/mol. The molecule has 4 aromatic rings. The molecule has 6 nitrogen and oxygen atoms in total. The molecule has 130 valence electrons. The second kappa shape index (κ2) is 6.64. The van der Waals surface area contributed by atoms with Gasteiger partial charge in [-0.1, -0.05) is 23.5 Å². The van der Waals surface area contributed by atoms with Gasteiger partial charge in [-0.05, 0) is 24.3 Å². The van der Waals surface area contributed by atoms with E-state index in [2.05, 4.69) is 25.3 Å². The van der Waals surface area contributed by atoms with E-state index in [0.717, 1.165) is 21.5 Å². The Hall–Kier alpha value is -3.13. The van der Waals surface area contributed by atoms with E-state index in [1.807, 2.05) is 49.3 Å². The van der Waals surface area contributed by atoms with E-state index in [-0.39, 0.29) is 5.69 Å². The van der Waals surface area contributed by atoms with E-state index in [9.17, 15) is 4.39 Å². The Kier molecular flexibility index (Phi) is 4.18. The van der Waals surface area contributed by atoms with Crippen molar-refractivity contribution in [1.29, 1.82) is 0 Å². The normalized spacial score (nSPS) is 10.9. The van der Waals surface area contributed by atoms with Gasteiger partial charge in [0.25, 0.3) is 0 Å². The minimum absolute atomic E-state index is 0.236. The molecule has 3 aromatic heterocycles. The maximum absolute atomic E-state index is 14.3. The Morgan fingerprint density at radius 1 is 1.08 bits per heavy atom.